The van der Waals surface area contributed by atoms with Gasteiger partial charge in [0, 0.05) is 23.6 Å². The zero-order valence-corrected chi connectivity index (χ0v) is 14.9. The minimum absolute atomic E-state index is 0.100. The summed E-state index contributed by atoms with van der Waals surface area (Å²) in [5.41, 5.74) is 2.07. The van der Waals surface area contributed by atoms with Crippen molar-refractivity contribution in [2.75, 3.05) is 13.1 Å². The van der Waals surface area contributed by atoms with Crippen LogP contribution in [0.15, 0.2) is 42.9 Å². The second kappa shape index (κ2) is 7.33. The molecule has 0 unspecified atom stereocenters. The van der Waals surface area contributed by atoms with Crippen LogP contribution in [0.1, 0.15) is 18.4 Å². The molecular formula is C19H19ClN4O2. The van der Waals surface area contributed by atoms with Gasteiger partial charge in [-0.15, -0.1) is 0 Å². The van der Waals surface area contributed by atoms with E-state index < -0.39 is 0 Å². The summed E-state index contributed by atoms with van der Waals surface area (Å²) in [5, 5.41) is 1.57. The van der Waals surface area contributed by atoms with Gasteiger partial charge in [0.1, 0.15) is 6.10 Å². The Morgan fingerprint density at radius 1 is 1.31 bits per heavy atom. The molecule has 1 aromatic carbocycles. The number of nitrogens with one attached hydrogen (secondary N) is 1. The molecule has 1 N–H and O–H groups in total. The van der Waals surface area contributed by atoms with Gasteiger partial charge in [-0.1, -0.05) is 29.8 Å². The van der Waals surface area contributed by atoms with E-state index in [-0.39, 0.29) is 12.0 Å². The first kappa shape index (κ1) is 16.8. The first-order valence-corrected chi connectivity index (χ1v) is 9.04. The van der Waals surface area contributed by atoms with Crippen molar-refractivity contribution in [3.05, 3.63) is 53.4 Å². The molecule has 1 amide bonds. The average molecular weight is 371 g/mol. The summed E-state index contributed by atoms with van der Waals surface area (Å²) < 4.78 is 5.82. The molecule has 134 valence electrons. The summed E-state index contributed by atoms with van der Waals surface area (Å²) >= 11 is 5.79. The monoisotopic (exact) mass is 370 g/mol. The fraction of sp³-hybridized carbons (Fsp3) is 0.316. The van der Waals surface area contributed by atoms with Crippen LogP contribution >= 0.6 is 11.6 Å². The van der Waals surface area contributed by atoms with Crippen LogP contribution in [-0.2, 0) is 11.2 Å². The number of amides is 1. The number of carbonyl (C=O) groups is 1. The van der Waals surface area contributed by atoms with Gasteiger partial charge in [0.15, 0.2) is 0 Å². The molecule has 0 spiro atoms. The topological polar surface area (TPSA) is 71.1 Å². The molecule has 0 bridgehead atoms. The molecule has 26 heavy (non-hydrogen) atoms. The van der Waals surface area contributed by atoms with Crippen molar-refractivity contribution in [2.24, 2.45) is 0 Å². The van der Waals surface area contributed by atoms with Gasteiger partial charge in [0.2, 0.25) is 5.91 Å². The lowest BCUT2D eigenvalue weighted by molar-refractivity contribution is -0.133. The quantitative estimate of drug-likeness (QED) is 0.765. The van der Waals surface area contributed by atoms with Crippen LogP contribution in [0.4, 0.5) is 0 Å². The number of carbonyl (C=O) groups excluding carboxylic acids is 1. The van der Waals surface area contributed by atoms with Crippen molar-refractivity contribution in [2.45, 2.75) is 25.4 Å². The Hall–Kier alpha value is -2.60. The minimum atomic E-state index is -0.100. The highest BCUT2D eigenvalue weighted by Crippen LogP contribution is 2.21. The van der Waals surface area contributed by atoms with E-state index in [0.29, 0.717) is 24.0 Å². The number of ether oxygens (including phenoxy) is 1. The van der Waals surface area contributed by atoms with Crippen LogP contribution in [-0.4, -0.2) is 45.0 Å². The van der Waals surface area contributed by atoms with Crippen LogP contribution in [0.25, 0.3) is 10.9 Å². The third kappa shape index (κ3) is 3.65. The normalized spacial score (nSPS) is 17.4. The Morgan fingerprint density at radius 2 is 2.12 bits per heavy atom. The lowest BCUT2D eigenvalue weighted by Crippen LogP contribution is -2.45. The van der Waals surface area contributed by atoms with Gasteiger partial charge in [-0.2, -0.15) is 0 Å². The Bertz CT molecular complexity index is 909. The number of fused-ring (bicyclic) bond motifs is 1. The molecule has 0 aliphatic carbocycles. The molecule has 1 atom stereocenters. The highest BCUT2D eigenvalue weighted by molar-refractivity contribution is 6.30. The van der Waals surface area contributed by atoms with Crippen molar-refractivity contribution in [1.29, 1.82) is 0 Å². The molecule has 0 radical (unpaired) electrons. The standard InChI is InChI=1S/C19H19ClN4O2/c20-14-10-22-19(23-11-14)26-15-4-3-7-24(12-15)18(25)8-13-9-21-17-6-2-1-5-16(13)17/h1-2,5-6,9-11,15,21H,3-4,7-8,12H2/t15-/m1/s1. The SMILES string of the molecule is O=C(Cc1c[nH]c2ccccc12)N1CCC[C@@H](Oc2ncc(Cl)cn2)C1. The summed E-state index contributed by atoms with van der Waals surface area (Å²) in [6.45, 7) is 1.30. The van der Waals surface area contributed by atoms with Crippen LogP contribution in [0, 0.1) is 0 Å². The molecule has 7 heteroatoms. The van der Waals surface area contributed by atoms with Crippen molar-refractivity contribution in [3.8, 4) is 6.01 Å². The number of likely N-dealkylation sites (tertiary alicyclic amines) is 1. The molecule has 6 nitrogen and oxygen atoms in total. The van der Waals surface area contributed by atoms with E-state index in [1.807, 2.05) is 35.4 Å². The molecule has 0 saturated carbocycles. The molecule has 1 fully saturated rings. The Morgan fingerprint density at radius 3 is 2.96 bits per heavy atom. The zero-order chi connectivity index (χ0) is 17.9. The fourth-order valence-corrected chi connectivity index (χ4v) is 3.42. The highest BCUT2D eigenvalue weighted by atomic mass is 35.5. The summed E-state index contributed by atoms with van der Waals surface area (Å²) in [6.07, 6.45) is 6.99. The Labute approximate surface area is 156 Å². The number of aromatic nitrogens is 3. The van der Waals surface area contributed by atoms with Crippen LogP contribution < -0.4 is 4.74 Å². The van der Waals surface area contributed by atoms with Gasteiger partial charge < -0.3 is 14.6 Å². The number of rotatable bonds is 4. The van der Waals surface area contributed by atoms with Crippen molar-refractivity contribution >= 4 is 28.4 Å². The second-order valence-corrected chi connectivity index (χ2v) is 6.88. The molecule has 1 aliphatic rings. The highest BCUT2D eigenvalue weighted by Gasteiger charge is 2.26. The molecule has 1 saturated heterocycles. The molecule has 1 aliphatic heterocycles. The third-order valence-electron chi connectivity index (χ3n) is 4.62. The zero-order valence-electron chi connectivity index (χ0n) is 14.2. The van der Waals surface area contributed by atoms with Crippen LogP contribution in [0.3, 0.4) is 0 Å². The summed E-state index contributed by atoms with van der Waals surface area (Å²) in [6, 6.07) is 8.32. The van der Waals surface area contributed by atoms with Crippen LogP contribution in [0.5, 0.6) is 6.01 Å². The number of hydrogen-bond acceptors (Lipinski definition) is 4. The number of H-pyrrole nitrogens is 1. The van der Waals surface area contributed by atoms with E-state index in [4.69, 9.17) is 16.3 Å². The van der Waals surface area contributed by atoms with Gasteiger partial charge in [-0.3, -0.25) is 4.79 Å². The summed E-state index contributed by atoms with van der Waals surface area (Å²) in [5.74, 6) is 0.111. The first-order chi connectivity index (χ1) is 12.7. The number of benzene rings is 1. The lowest BCUT2D eigenvalue weighted by Gasteiger charge is -2.32. The average Bonchev–Trinajstić information content (AvgIpc) is 3.07. The molecule has 3 aromatic rings. The Kier molecular flexibility index (Phi) is 4.75. The maximum Gasteiger partial charge on any atom is 0.316 e. The van der Waals surface area contributed by atoms with E-state index >= 15 is 0 Å². The first-order valence-electron chi connectivity index (χ1n) is 8.66. The van der Waals surface area contributed by atoms with E-state index in [9.17, 15) is 4.79 Å². The van der Waals surface area contributed by atoms with Crippen molar-refractivity contribution in [3.63, 3.8) is 0 Å². The van der Waals surface area contributed by atoms with Gasteiger partial charge in [-0.05, 0) is 24.5 Å². The molecule has 4 rings (SSSR count). The number of para-hydroxylation sites is 1. The number of hydrogen-bond donors (Lipinski definition) is 1. The second-order valence-electron chi connectivity index (χ2n) is 6.44. The maximum atomic E-state index is 12.8. The Balaban J connectivity index is 1.40. The predicted octanol–water partition coefficient (Wildman–Crippen LogP) is 3.22. The summed E-state index contributed by atoms with van der Waals surface area (Å²) in [7, 11) is 0. The van der Waals surface area contributed by atoms with E-state index in [0.717, 1.165) is 35.9 Å². The van der Waals surface area contributed by atoms with Gasteiger partial charge in [-0.25, -0.2) is 9.97 Å². The molecule has 2 aromatic heterocycles. The van der Waals surface area contributed by atoms with Crippen molar-refractivity contribution < 1.29 is 9.53 Å². The van der Waals surface area contributed by atoms with E-state index in [2.05, 4.69) is 15.0 Å². The lowest BCUT2D eigenvalue weighted by atomic mass is 10.1. The number of nitrogens with zero attached hydrogens (tertiary/aromatic N) is 3. The van der Waals surface area contributed by atoms with Gasteiger partial charge >= 0.3 is 6.01 Å². The van der Waals surface area contributed by atoms with Gasteiger partial charge in [0.05, 0.1) is 30.4 Å². The largest absolute Gasteiger partial charge is 0.458 e. The maximum absolute atomic E-state index is 12.8. The number of halogens is 1. The molecular weight excluding hydrogens is 352 g/mol. The smallest absolute Gasteiger partial charge is 0.316 e. The van der Waals surface area contributed by atoms with Crippen LogP contribution in [0.2, 0.25) is 5.02 Å². The predicted molar refractivity (Wildman–Crippen MR) is 99.3 cm³/mol. The van der Waals surface area contributed by atoms with E-state index in [1.54, 1.807) is 0 Å². The van der Waals surface area contributed by atoms with E-state index in [1.165, 1.54) is 12.4 Å². The number of piperidine rings is 1. The van der Waals surface area contributed by atoms with Crippen molar-refractivity contribution in [1.82, 2.24) is 19.9 Å². The van der Waals surface area contributed by atoms with Gasteiger partial charge in [0.25, 0.3) is 0 Å². The fourth-order valence-electron chi connectivity index (χ4n) is 3.32. The number of aromatic amines is 1. The molecule has 3 heterocycles. The minimum Gasteiger partial charge on any atom is -0.458 e. The third-order valence-corrected chi connectivity index (χ3v) is 4.81. The summed E-state index contributed by atoms with van der Waals surface area (Å²) in [4.78, 5) is 26.0.